The molecule has 0 aliphatic rings. The Morgan fingerprint density at radius 3 is 2.68 bits per heavy atom. The summed E-state index contributed by atoms with van der Waals surface area (Å²) < 4.78 is 36.5. The number of amides is 1. The van der Waals surface area contributed by atoms with Crippen LogP contribution in [0.3, 0.4) is 0 Å². The van der Waals surface area contributed by atoms with Crippen molar-refractivity contribution in [3.8, 4) is 5.75 Å². The van der Waals surface area contributed by atoms with Crippen LogP contribution >= 0.6 is 0 Å². The molecule has 1 rings (SSSR count). The molecule has 1 aromatic rings. The van der Waals surface area contributed by atoms with Crippen molar-refractivity contribution in [1.29, 1.82) is 0 Å². The van der Waals surface area contributed by atoms with Gasteiger partial charge in [0.1, 0.15) is 5.75 Å². The molecule has 0 radical (unpaired) electrons. The largest absolute Gasteiger partial charge is 0.495 e. The third-order valence-electron chi connectivity index (χ3n) is 1.96. The molecule has 19 heavy (non-hydrogen) atoms. The van der Waals surface area contributed by atoms with E-state index in [2.05, 4.69) is 9.46 Å². The lowest BCUT2D eigenvalue weighted by Crippen LogP contribution is -2.35. The second kappa shape index (κ2) is 6.14. The van der Waals surface area contributed by atoms with Gasteiger partial charge in [-0.3, -0.25) is 4.72 Å². The molecule has 1 aromatic carbocycles. The normalized spacial score (nSPS) is 10.6. The van der Waals surface area contributed by atoms with Crippen molar-refractivity contribution >= 4 is 27.7 Å². The van der Waals surface area contributed by atoms with Gasteiger partial charge in [0.15, 0.2) is 0 Å². The molecule has 106 valence electrons. The van der Waals surface area contributed by atoms with Crippen molar-refractivity contribution in [3.63, 3.8) is 0 Å². The van der Waals surface area contributed by atoms with Gasteiger partial charge in [0.05, 0.1) is 19.4 Å². The molecule has 0 bridgehead atoms. The lowest BCUT2D eigenvalue weighted by Gasteiger charge is -2.12. The van der Waals surface area contributed by atoms with Crippen LogP contribution in [0.15, 0.2) is 18.2 Å². The van der Waals surface area contributed by atoms with Crippen LogP contribution in [0.25, 0.3) is 0 Å². The van der Waals surface area contributed by atoms with Crippen molar-refractivity contribution in [2.24, 2.45) is 0 Å². The standard InChI is InChI=1S/C10H15N3O5S/c1-3-18-10(14)13-19(15,16)12-8-6-7(11)4-5-9(8)17-2/h4-6,12H,3,11H2,1-2H3,(H,13,14). The lowest BCUT2D eigenvalue weighted by molar-refractivity contribution is 0.159. The molecule has 0 aliphatic heterocycles. The zero-order valence-corrected chi connectivity index (χ0v) is 11.3. The van der Waals surface area contributed by atoms with Gasteiger partial charge in [0.2, 0.25) is 0 Å². The van der Waals surface area contributed by atoms with Crippen LogP contribution in [-0.4, -0.2) is 28.2 Å². The second-order valence-corrected chi connectivity index (χ2v) is 4.80. The Morgan fingerprint density at radius 2 is 2.11 bits per heavy atom. The molecule has 0 fully saturated rings. The molecule has 0 aromatic heterocycles. The predicted octanol–water partition coefficient (Wildman–Crippen LogP) is 0.680. The first-order valence-electron chi connectivity index (χ1n) is 5.28. The maximum atomic E-state index is 11.6. The Bertz CT molecular complexity index is 558. The van der Waals surface area contributed by atoms with Gasteiger partial charge in [0, 0.05) is 5.69 Å². The molecule has 0 heterocycles. The Labute approximate surface area is 111 Å². The molecule has 0 saturated heterocycles. The van der Waals surface area contributed by atoms with Crippen molar-refractivity contribution in [1.82, 2.24) is 4.72 Å². The van der Waals surface area contributed by atoms with E-state index in [1.54, 1.807) is 17.7 Å². The van der Waals surface area contributed by atoms with E-state index in [4.69, 9.17) is 10.5 Å². The fraction of sp³-hybridized carbons (Fsp3) is 0.300. The third kappa shape index (κ3) is 4.54. The van der Waals surface area contributed by atoms with Crippen LogP contribution < -0.4 is 19.9 Å². The van der Waals surface area contributed by atoms with E-state index < -0.39 is 16.3 Å². The highest BCUT2D eigenvalue weighted by Crippen LogP contribution is 2.27. The fourth-order valence-electron chi connectivity index (χ4n) is 1.25. The van der Waals surface area contributed by atoms with Gasteiger partial charge in [-0.05, 0) is 25.1 Å². The molecule has 4 N–H and O–H groups in total. The first-order valence-corrected chi connectivity index (χ1v) is 6.77. The Hall–Kier alpha value is -2.16. The molecule has 0 aliphatic carbocycles. The minimum Gasteiger partial charge on any atom is -0.495 e. The predicted molar refractivity (Wildman–Crippen MR) is 70.1 cm³/mol. The van der Waals surface area contributed by atoms with Crippen molar-refractivity contribution in [2.45, 2.75) is 6.92 Å². The summed E-state index contributed by atoms with van der Waals surface area (Å²) in [6.45, 7) is 1.61. The van der Waals surface area contributed by atoms with E-state index in [1.165, 1.54) is 19.2 Å². The van der Waals surface area contributed by atoms with Gasteiger partial charge in [-0.25, -0.2) is 9.52 Å². The van der Waals surface area contributed by atoms with Crippen LogP contribution in [0, 0.1) is 0 Å². The van der Waals surface area contributed by atoms with E-state index in [9.17, 15) is 13.2 Å². The molecule has 0 unspecified atom stereocenters. The summed E-state index contributed by atoms with van der Waals surface area (Å²) in [5.74, 6) is 0.267. The van der Waals surface area contributed by atoms with Crippen molar-refractivity contribution < 1.29 is 22.7 Å². The topological polar surface area (TPSA) is 120 Å². The fourth-order valence-corrected chi connectivity index (χ4v) is 2.02. The SMILES string of the molecule is CCOC(=O)NS(=O)(=O)Nc1cc(N)ccc1OC. The van der Waals surface area contributed by atoms with E-state index >= 15 is 0 Å². The summed E-state index contributed by atoms with van der Waals surface area (Å²) in [6.07, 6.45) is -1.07. The number of hydrogen-bond acceptors (Lipinski definition) is 6. The summed E-state index contributed by atoms with van der Waals surface area (Å²) in [6, 6.07) is 4.41. The molecule has 0 saturated carbocycles. The van der Waals surface area contributed by atoms with Crippen molar-refractivity contribution in [3.05, 3.63) is 18.2 Å². The van der Waals surface area contributed by atoms with Gasteiger partial charge in [-0.2, -0.15) is 8.42 Å². The minimum absolute atomic E-state index is 0.0585. The van der Waals surface area contributed by atoms with E-state index in [0.717, 1.165) is 0 Å². The molecule has 8 nitrogen and oxygen atoms in total. The Morgan fingerprint density at radius 1 is 1.42 bits per heavy atom. The number of ether oxygens (including phenoxy) is 2. The average molecular weight is 289 g/mol. The molecular weight excluding hydrogens is 274 g/mol. The Kier molecular flexibility index (Phi) is 4.81. The maximum absolute atomic E-state index is 11.6. The number of anilines is 2. The third-order valence-corrected chi connectivity index (χ3v) is 2.89. The number of nitrogens with one attached hydrogen (secondary N) is 2. The number of rotatable bonds is 5. The van der Waals surface area contributed by atoms with Crippen LogP contribution in [0.5, 0.6) is 5.75 Å². The average Bonchev–Trinajstić information content (AvgIpc) is 2.28. The van der Waals surface area contributed by atoms with Crippen LogP contribution in [-0.2, 0) is 14.9 Å². The van der Waals surface area contributed by atoms with Gasteiger partial charge in [-0.15, -0.1) is 0 Å². The summed E-state index contributed by atoms with van der Waals surface area (Å²) in [7, 11) is -2.74. The highest BCUT2D eigenvalue weighted by Gasteiger charge is 2.17. The number of carbonyl (C=O) groups is 1. The van der Waals surface area contributed by atoms with Crippen molar-refractivity contribution in [2.75, 3.05) is 24.2 Å². The van der Waals surface area contributed by atoms with Gasteiger partial charge >= 0.3 is 16.3 Å². The zero-order chi connectivity index (χ0) is 14.5. The lowest BCUT2D eigenvalue weighted by atomic mass is 10.2. The van der Waals surface area contributed by atoms with Gasteiger partial charge < -0.3 is 15.2 Å². The van der Waals surface area contributed by atoms with E-state index in [-0.39, 0.29) is 18.0 Å². The zero-order valence-electron chi connectivity index (χ0n) is 10.5. The summed E-state index contributed by atoms with van der Waals surface area (Å²) in [5.41, 5.74) is 6.00. The highest BCUT2D eigenvalue weighted by atomic mass is 32.2. The monoisotopic (exact) mass is 289 g/mol. The number of hydrogen-bond donors (Lipinski definition) is 3. The summed E-state index contributed by atoms with van der Waals surface area (Å²) in [5, 5.41) is 0. The van der Waals surface area contributed by atoms with E-state index in [1.807, 2.05) is 0 Å². The quantitative estimate of drug-likeness (QED) is 0.686. The smallest absolute Gasteiger partial charge is 0.422 e. The van der Waals surface area contributed by atoms with Crippen LogP contribution in [0.1, 0.15) is 6.92 Å². The highest BCUT2D eigenvalue weighted by molar-refractivity contribution is 7.91. The van der Waals surface area contributed by atoms with Gasteiger partial charge in [-0.1, -0.05) is 0 Å². The van der Waals surface area contributed by atoms with Crippen LogP contribution in [0.4, 0.5) is 16.2 Å². The first-order chi connectivity index (χ1) is 8.88. The molecule has 9 heteroatoms. The molecule has 1 amide bonds. The Balaban J connectivity index is 2.89. The minimum atomic E-state index is -4.12. The van der Waals surface area contributed by atoms with Gasteiger partial charge in [0.25, 0.3) is 0 Å². The van der Waals surface area contributed by atoms with E-state index in [0.29, 0.717) is 5.69 Å². The first kappa shape index (κ1) is 14.9. The van der Waals surface area contributed by atoms with Crippen LogP contribution in [0.2, 0.25) is 0 Å². The number of nitrogens with two attached hydrogens (primary N) is 1. The number of carbonyl (C=O) groups excluding carboxylic acids is 1. The summed E-state index contributed by atoms with van der Waals surface area (Å²) in [4.78, 5) is 11.1. The number of nitrogen functional groups attached to an aromatic ring is 1. The molecular formula is C10H15N3O5S. The number of benzene rings is 1. The second-order valence-electron chi connectivity index (χ2n) is 3.39. The number of methoxy groups -OCH3 is 1. The summed E-state index contributed by atoms with van der Waals surface area (Å²) >= 11 is 0. The molecule has 0 atom stereocenters. The molecule has 0 spiro atoms. The maximum Gasteiger partial charge on any atom is 0.422 e.